The fraction of sp³-hybridized carbons (Fsp3) is 0.353. The lowest BCUT2D eigenvalue weighted by Gasteiger charge is -2.25. The zero-order valence-corrected chi connectivity index (χ0v) is 12.9. The highest BCUT2D eigenvalue weighted by Gasteiger charge is 2.28. The Kier molecular flexibility index (Phi) is 3.92. The third kappa shape index (κ3) is 2.73. The maximum absolute atomic E-state index is 9.32. The van der Waals surface area contributed by atoms with E-state index in [0.29, 0.717) is 6.04 Å². The highest BCUT2D eigenvalue weighted by molar-refractivity contribution is 5.61. The highest BCUT2D eigenvalue weighted by atomic mass is 15.3. The lowest BCUT2D eigenvalue weighted by atomic mass is 10.1. The van der Waals surface area contributed by atoms with E-state index in [1.807, 2.05) is 25.2 Å². The molecule has 1 saturated heterocycles. The summed E-state index contributed by atoms with van der Waals surface area (Å²) in [6, 6.07) is 10.5. The molecular formula is C17H19N5. The summed E-state index contributed by atoms with van der Waals surface area (Å²) >= 11 is 0. The van der Waals surface area contributed by atoms with E-state index in [1.165, 1.54) is 5.56 Å². The number of benzene rings is 1. The fourth-order valence-corrected chi connectivity index (χ4v) is 2.91. The molecule has 2 heterocycles. The van der Waals surface area contributed by atoms with Gasteiger partial charge in [0.2, 0.25) is 5.95 Å². The molecule has 1 aromatic heterocycles. The van der Waals surface area contributed by atoms with Gasteiger partial charge in [0.05, 0.1) is 17.3 Å². The van der Waals surface area contributed by atoms with Gasteiger partial charge in [-0.25, -0.2) is 9.97 Å². The summed E-state index contributed by atoms with van der Waals surface area (Å²) in [4.78, 5) is 13.0. The standard InChI is InChI=1S/C17H19N5/c1-13-4-5-14(11-18)16(10-13)22-9-6-15(12-22)21(2)17-19-7-3-8-20-17/h3-5,7-8,10,15H,6,9,12H2,1-2H3. The predicted molar refractivity (Wildman–Crippen MR) is 86.9 cm³/mol. The number of hydrogen-bond donors (Lipinski definition) is 0. The van der Waals surface area contributed by atoms with Crippen LogP contribution in [0.5, 0.6) is 0 Å². The van der Waals surface area contributed by atoms with E-state index in [1.54, 1.807) is 12.4 Å². The zero-order valence-electron chi connectivity index (χ0n) is 12.9. The number of nitriles is 1. The minimum absolute atomic E-state index is 0.356. The molecule has 0 radical (unpaired) electrons. The van der Waals surface area contributed by atoms with Gasteiger partial charge in [-0.2, -0.15) is 5.26 Å². The van der Waals surface area contributed by atoms with E-state index >= 15 is 0 Å². The first-order valence-corrected chi connectivity index (χ1v) is 7.44. The molecule has 3 rings (SSSR count). The van der Waals surface area contributed by atoms with Crippen LogP contribution in [0.15, 0.2) is 36.7 Å². The van der Waals surface area contributed by atoms with Crippen molar-refractivity contribution in [2.45, 2.75) is 19.4 Å². The molecule has 1 aromatic carbocycles. The second kappa shape index (κ2) is 6.02. The SMILES string of the molecule is Cc1ccc(C#N)c(N2CCC(N(C)c3ncccn3)C2)c1. The molecule has 0 amide bonds. The van der Waals surface area contributed by atoms with Gasteiger partial charge < -0.3 is 9.80 Å². The molecule has 0 aliphatic carbocycles. The summed E-state index contributed by atoms with van der Waals surface area (Å²) in [7, 11) is 2.03. The van der Waals surface area contributed by atoms with Crippen LogP contribution in [0, 0.1) is 18.3 Å². The maximum atomic E-state index is 9.32. The smallest absolute Gasteiger partial charge is 0.225 e. The summed E-state index contributed by atoms with van der Waals surface area (Å²) in [5.74, 6) is 0.749. The average Bonchev–Trinajstić information content (AvgIpc) is 3.04. The first-order valence-electron chi connectivity index (χ1n) is 7.44. The predicted octanol–water partition coefficient (Wildman–Crippen LogP) is 2.37. The third-order valence-corrected chi connectivity index (χ3v) is 4.19. The average molecular weight is 293 g/mol. The first kappa shape index (κ1) is 14.3. The van der Waals surface area contributed by atoms with E-state index in [9.17, 15) is 5.26 Å². The minimum atomic E-state index is 0.356. The maximum Gasteiger partial charge on any atom is 0.225 e. The summed E-state index contributed by atoms with van der Waals surface area (Å²) in [5, 5.41) is 9.32. The Bertz CT molecular complexity index is 692. The number of nitrogens with zero attached hydrogens (tertiary/aromatic N) is 5. The molecule has 1 atom stereocenters. The number of likely N-dealkylation sites (N-methyl/N-ethyl adjacent to an activating group) is 1. The molecule has 1 unspecified atom stereocenters. The van der Waals surface area contributed by atoms with Gasteiger partial charge in [0.25, 0.3) is 0 Å². The van der Waals surface area contributed by atoms with Gasteiger partial charge in [-0.1, -0.05) is 6.07 Å². The summed E-state index contributed by atoms with van der Waals surface area (Å²) < 4.78 is 0. The molecule has 1 aliphatic rings. The molecule has 5 nitrogen and oxygen atoms in total. The van der Waals surface area contributed by atoms with Crippen molar-refractivity contribution in [2.24, 2.45) is 0 Å². The van der Waals surface area contributed by atoms with Crippen LogP contribution in [0.3, 0.4) is 0 Å². The Morgan fingerprint density at radius 1 is 1.32 bits per heavy atom. The molecule has 2 aromatic rings. The van der Waals surface area contributed by atoms with Crippen molar-refractivity contribution in [2.75, 3.05) is 29.9 Å². The van der Waals surface area contributed by atoms with Crippen LogP contribution in [0.4, 0.5) is 11.6 Å². The molecular weight excluding hydrogens is 274 g/mol. The van der Waals surface area contributed by atoms with E-state index < -0.39 is 0 Å². The summed E-state index contributed by atoms with van der Waals surface area (Å²) in [6.45, 7) is 3.88. The van der Waals surface area contributed by atoms with Crippen molar-refractivity contribution in [3.8, 4) is 6.07 Å². The lowest BCUT2D eigenvalue weighted by Crippen LogP contribution is -2.35. The van der Waals surface area contributed by atoms with Crippen molar-refractivity contribution < 1.29 is 0 Å². The second-order valence-electron chi connectivity index (χ2n) is 5.68. The summed E-state index contributed by atoms with van der Waals surface area (Å²) in [5.41, 5.74) is 2.95. The fourth-order valence-electron chi connectivity index (χ4n) is 2.91. The molecule has 0 N–H and O–H groups in total. The van der Waals surface area contributed by atoms with E-state index in [4.69, 9.17) is 0 Å². The van der Waals surface area contributed by atoms with Crippen molar-refractivity contribution in [1.82, 2.24) is 9.97 Å². The number of aromatic nitrogens is 2. The molecule has 5 heteroatoms. The van der Waals surface area contributed by atoms with Crippen LogP contribution in [0.25, 0.3) is 0 Å². The monoisotopic (exact) mass is 293 g/mol. The van der Waals surface area contributed by atoms with Gasteiger partial charge in [0.1, 0.15) is 6.07 Å². The molecule has 22 heavy (non-hydrogen) atoms. The van der Waals surface area contributed by atoms with Crippen LogP contribution in [0.2, 0.25) is 0 Å². The van der Waals surface area contributed by atoms with Crippen LogP contribution >= 0.6 is 0 Å². The number of anilines is 2. The first-order chi connectivity index (χ1) is 10.7. The second-order valence-corrected chi connectivity index (χ2v) is 5.68. The quantitative estimate of drug-likeness (QED) is 0.869. The van der Waals surface area contributed by atoms with Crippen molar-refractivity contribution >= 4 is 11.6 Å². The van der Waals surface area contributed by atoms with Crippen molar-refractivity contribution in [3.63, 3.8) is 0 Å². The molecule has 0 spiro atoms. The normalized spacial score (nSPS) is 17.3. The Hall–Kier alpha value is -2.61. The number of aryl methyl sites for hydroxylation is 1. The van der Waals surface area contributed by atoms with Gasteiger partial charge in [-0.05, 0) is 37.1 Å². The van der Waals surface area contributed by atoms with Crippen molar-refractivity contribution in [3.05, 3.63) is 47.8 Å². The zero-order chi connectivity index (χ0) is 15.5. The molecule has 1 fully saturated rings. The van der Waals surface area contributed by atoms with Gasteiger partial charge in [0.15, 0.2) is 0 Å². The van der Waals surface area contributed by atoms with Crippen LogP contribution in [-0.2, 0) is 0 Å². The molecule has 1 aliphatic heterocycles. The Labute approximate surface area is 130 Å². The van der Waals surface area contributed by atoms with E-state index in [0.717, 1.165) is 36.7 Å². The van der Waals surface area contributed by atoms with Gasteiger partial charge in [-0.3, -0.25) is 0 Å². The molecule has 0 bridgehead atoms. The largest absolute Gasteiger partial charge is 0.368 e. The van der Waals surface area contributed by atoms with Crippen LogP contribution in [-0.4, -0.2) is 36.1 Å². The Morgan fingerprint density at radius 2 is 2.09 bits per heavy atom. The minimum Gasteiger partial charge on any atom is -0.368 e. The van der Waals surface area contributed by atoms with E-state index in [2.05, 4.69) is 38.8 Å². The third-order valence-electron chi connectivity index (χ3n) is 4.19. The Morgan fingerprint density at radius 3 is 2.82 bits per heavy atom. The van der Waals surface area contributed by atoms with E-state index in [-0.39, 0.29) is 0 Å². The Balaban J connectivity index is 1.78. The van der Waals surface area contributed by atoms with Crippen LogP contribution < -0.4 is 9.80 Å². The lowest BCUT2D eigenvalue weighted by molar-refractivity contribution is 0.674. The van der Waals surface area contributed by atoms with Crippen LogP contribution in [0.1, 0.15) is 17.5 Å². The van der Waals surface area contributed by atoms with Gasteiger partial charge >= 0.3 is 0 Å². The van der Waals surface area contributed by atoms with Crippen molar-refractivity contribution in [1.29, 1.82) is 5.26 Å². The van der Waals surface area contributed by atoms with Gasteiger partial charge in [-0.15, -0.1) is 0 Å². The summed E-state index contributed by atoms with van der Waals surface area (Å²) in [6.07, 6.45) is 4.56. The number of rotatable bonds is 3. The molecule has 112 valence electrons. The topological polar surface area (TPSA) is 56.1 Å². The number of hydrogen-bond acceptors (Lipinski definition) is 5. The molecule has 0 saturated carbocycles. The van der Waals surface area contributed by atoms with Gasteiger partial charge in [0, 0.05) is 32.5 Å². The highest BCUT2D eigenvalue weighted by Crippen LogP contribution is 2.27.